The first-order valence-electron chi connectivity index (χ1n) is 5.44. The Morgan fingerprint density at radius 2 is 2.42 bits per heavy atom. The Hall–Kier alpha value is -1.64. The maximum atomic E-state index is 11.7. The number of anilines is 1. The molecule has 4 N–H and O–H groups in total. The number of aliphatic hydroxyl groups excluding tert-OH is 2. The van der Waals surface area contributed by atoms with E-state index in [2.05, 4.69) is 27.4 Å². The van der Waals surface area contributed by atoms with Gasteiger partial charge in [0.25, 0.3) is 0 Å². The van der Waals surface area contributed by atoms with E-state index >= 15 is 0 Å². The highest BCUT2D eigenvalue weighted by atomic mass is 32.1. The lowest BCUT2D eigenvalue weighted by Crippen LogP contribution is -2.35. The highest BCUT2D eigenvalue weighted by molar-refractivity contribution is 7.78. The highest BCUT2D eigenvalue weighted by Gasteiger charge is 2.44. The lowest BCUT2D eigenvalue weighted by atomic mass is 10.1. The third kappa shape index (κ3) is 2.55. The van der Waals surface area contributed by atoms with Crippen molar-refractivity contribution in [1.29, 1.82) is 0 Å². The molecule has 0 spiro atoms. The van der Waals surface area contributed by atoms with Gasteiger partial charge in [0.15, 0.2) is 6.23 Å². The van der Waals surface area contributed by atoms with Gasteiger partial charge >= 0.3 is 5.69 Å². The van der Waals surface area contributed by atoms with E-state index in [-0.39, 0.29) is 12.4 Å². The molecule has 0 radical (unpaired) electrons. The topological polar surface area (TPSA) is 123 Å². The minimum atomic E-state index is -1.14. The molecule has 8 nitrogen and oxygen atoms in total. The van der Waals surface area contributed by atoms with Crippen LogP contribution in [0.15, 0.2) is 22.1 Å². The number of thiocarbonyl (C=S) groups is 1. The van der Waals surface area contributed by atoms with Gasteiger partial charge in [-0.15, -0.1) is 0 Å². The smallest absolute Gasteiger partial charge is 0.351 e. The highest BCUT2D eigenvalue weighted by Crippen LogP contribution is 2.30. The van der Waals surface area contributed by atoms with Gasteiger partial charge in [0.1, 0.15) is 24.1 Å². The quantitative estimate of drug-likeness (QED) is 0.458. The van der Waals surface area contributed by atoms with E-state index < -0.39 is 30.2 Å². The number of aromatic nitrogens is 2. The Labute approximate surface area is 113 Å². The summed E-state index contributed by atoms with van der Waals surface area (Å²) in [6.45, 7) is -0.365. The lowest BCUT2D eigenvalue weighted by Gasteiger charge is -2.16. The zero-order valence-electron chi connectivity index (χ0n) is 9.71. The number of nitrogens with two attached hydrogens (primary N) is 1. The average molecular weight is 284 g/mol. The number of nitrogens with zero attached hydrogens (tertiary/aromatic N) is 3. The zero-order valence-corrected chi connectivity index (χ0v) is 10.5. The van der Waals surface area contributed by atoms with Gasteiger partial charge < -0.3 is 20.7 Å². The molecule has 1 aliphatic heterocycles. The van der Waals surface area contributed by atoms with Crippen molar-refractivity contribution in [3.8, 4) is 0 Å². The number of hydrogen-bond donors (Lipinski definition) is 3. The first kappa shape index (κ1) is 13.8. The molecule has 9 heteroatoms. The van der Waals surface area contributed by atoms with Crippen LogP contribution in [-0.2, 0) is 4.74 Å². The van der Waals surface area contributed by atoms with Gasteiger partial charge in [-0.25, -0.2) is 9.79 Å². The number of nitrogen functional groups attached to an aromatic ring is 1. The summed E-state index contributed by atoms with van der Waals surface area (Å²) in [6.07, 6.45) is -1.55. The molecule has 1 aromatic rings. The number of rotatable bonds is 3. The second-order valence-electron chi connectivity index (χ2n) is 3.99. The van der Waals surface area contributed by atoms with Gasteiger partial charge in [-0.05, 0) is 18.3 Å². The van der Waals surface area contributed by atoms with Gasteiger partial charge in [-0.2, -0.15) is 4.98 Å². The van der Waals surface area contributed by atoms with Crippen molar-refractivity contribution in [2.45, 2.75) is 24.5 Å². The van der Waals surface area contributed by atoms with Gasteiger partial charge in [-0.3, -0.25) is 4.57 Å². The van der Waals surface area contributed by atoms with E-state index in [4.69, 9.17) is 10.5 Å². The Balaban J connectivity index is 2.36. The van der Waals surface area contributed by atoms with Gasteiger partial charge in [0, 0.05) is 6.20 Å². The number of hydrogen-bond acceptors (Lipinski definition) is 8. The molecule has 2 rings (SSSR count). The molecule has 0 aromatic carbocycles. The van der Waals surface area contributed by atoms with Crippen molar-refractivity contribution in [2.75, 3.05) is 12.3 Å². The SMILES string of the molecule is Nc1ccn([C@@H]2O[C@H](CO)C(N=C=S)[C@@H]2O)c(=O)n1. The third-order valence-corrected chi connectivity index (χ3v) is 2.95. The molecule has 1 saturated heterocycles. The average Bonchev–Trinajstić information content (AvgIpc) is 2.68. The van der Waals surface area contributed by atoms with Crippen LogP contribution in [-0.4, -0.2) is 49.8 Å². The summed E-state index contributed by atoms with van der Waals surface area (Å²) in [4.78, 5) is 19.0. The van der Waals surface area contributed by atoms with Crippen molar-refractivity contribution in [1.82, 2.24) is 9.55 Å². The van der Waals surface area contributed by atoms with Crippen molar-refractivity contribution in [3.05, 3.63) is 22.7 Å². The lowest BCUT2D eigenvalue weighted by molar-refractivity contribution is -0.0530. The summed E-state index contributed by atoms with van der Waals surface area (Å²) >= 11 is 4.48. The monoisotopic (exact) mass is 284 g/mol. The van der Waals surface area contributed by atoms with Crippen LogP contribution in [0, 0.1) is 0 Å². The second kappa shape index (κ2) is 5.55. The van der Waals surface area contributed by atoms with Gasteiger partial charge in [0.2, 0.25) is 0 Å². The van der Waals surface area contributed by atoms with Crippen LogP contribution in [0.3, 0.4) is 0 Å². The normalized spacial score (nSPS) is 30.0. The molecule has 1 aromatic heterocycles. The standard InChI is InChI=1S/C10H12N4O4S/c11-6-1-2-14(10(17)13-6)9-8(16)7(12-4-19)5(3-15)18-9/h1-2,5,7-9,15-16H,3H2,(H2,11,13,17)/t5-,7?,8+,9-/m1/s1. The fourth-order valence-corrected chi connectivity index (χ4v) is 2.07. The first-order chi connectivity index (χ1) is 9.08. The summed E-state index contributed by atoms with van der Waals surface area (Å²) in [6, 6.07) is 0.623. The molecule has 0 aliphatic carbocycles. The molecule has 102 valence electrons. The van der Waals surface area contributed by atoms with Crippen molar-refractivity contribution < 1.29 is 14.9 Å². The van der Waals surface area contributed by atoms with E-state index in [1.807, 2.05) is 0 Å². The Morgan fingerprint density at radius 1 is 1.68 bits per heavy atom. The first-order valence-corrected chi connectivity index (χ1v) is 5.85. The number of isothiocyanates is 1. The number of aliphatic hydroxyl groups is 2. The Morgan fingerprint density at radius 3 is 3.00 bits per heavy atom. The van der Waals surface area contributed by atoms with Crippen LogP contribution in [0.25, 0.3) is 0 Å². The largest absolute Gasteiger partial charge is 0.394 e. The summed E-state index contributed by atoms with van der Waals surface area (Å²) < 4.78 is 6.48. The molecule has 4 atom stereocenters. The van der Waals surface area contributed by atoms with E-state index in [1.165, 1.54) is 12.3 Å². The van der Waals surface area contributed by atoms with E-state index in [1.54, 1.807) is 0 Å². The van der Waals surface area contributed by atoms with E-state index in [0.717, 1.165) is 4.57 Å². The van der Waals surface area contributed by atoms with Crippen LogP contribution >= 0.6 is 12.2 Å². The Kier molecular flexibility index (Phi) is 4.03. The predicted molar refractivity (Wildman–Crippen MR) is 68.7 cm³/mol. The zero-order chi connectivity index (χ0) is 14.0. The molecule has 19 heavy (non-hydrogen) atoms. The molecule has 0 bridgehead atoms. The third-order valence-electron chi connectivity index (χ3n) is 2.84. The van der Waals surface area contributed by atoms with Crippen LogP contribution in [0.4, 0.5) is 5.82 Å². The molecular formula is C10H12N4O4S. The maximum absolute atomic E-state index is 11.7. The van der Waals surface area contributed by atoms with Crippen LogP contribution in [0.1, 0.15) is 6.23 Å². The summed E-state index contributed by atoms with van der Waals surface area (Å²) in [5.41, 5.74) is 4.72. The van der Waals surface area contributed by atoms with Crippen molar-refractivity contribution in [2.24, 2.45) is 4.99 Å². The van der Waals surface area contributed by atoms with Crippen LogP contribution < -0.4 is 11.4 Å². The molecular weight excluding hydrogens is 272 g/mol. The van der Waals surface area contributed by atoms with Crippen molar-refractivity contribution in [3.63, 3.8) is 0 Å². The second-order valence-corrected chi connectivity index (χ2v) is 4.17. The summed E-state index contributed by atoms with van der Waals surface area (Å²) in [5.74, 6) is 0.0703. The number of aliphatic imine (C=N–C) groups is 1. The molecule has 1 unspecified atom stereocenters. The minimum Gasteiger partial charge on any atom is -0.394 e. The molecule has 1 fully saturated rings. The fourth-order valence-electron chi connectivity index (χ4n) is 1.95. The Bertz CT molecular complexity index is 571. The predicted octanol–water partition coefficient (Wildman–Crippen LogP) is -1.45. The molecule has 0 amide bonds. The maximum Gasteiger partial charge on any atom is 0.351 e. The number of ether oxygens (including phenoxy) is 1. The van der Waals surface area contributed by atoms with Crippen LogP contribution in [0.2, 0.25) is 0 Å². The van der Waals surface area contributed by atoms with E-state index in [0.29, 0.717) is 0 Å². The summed E-state index contributed by atoms with van der Waals surface area (Å²) in [5, 5.41) is 21.4. The van der Waals surface area contributed by atoms with Gasteiger partial charge in [0.05, 0.1) is 11.8 Å². The van der Waals surface area contributed by atoms with E-state index in [9.17, 15) is 15.0 Å². The molecule has 0 saturated carbocycles. The molecule has 1 aliphatic rings. The van der Waals surface area contributed by atoms with Crippen molar-refractivity contribution >= 4 is 23.2 Å². The van der Waals surface area contributed by atoms with Crippen LogP contribution in [0.5, 0.6) is 0 Å². The minimum absolute atomic E-state index is 0.0703. The summed E-state index contributed by atoms with van der Waals surface area (Å²) in [7, 11) is 0. The molecule has 2 heterocycles. The van der Waals surface area contributed by atoms with Gasteiger partial charge in [-0.1, -0.05) is 0 Å². The fraction of sp³-hybridized carbons (Fsp3) is 0.500.